The van der Waals surface area contributed by atoms with Crippen molar-refractivity contribution < 1.29 is 23.1 Å². The minimum Gasteiger partial charge on any atom is -0.385 e. The monoisotopic (exact) mass is 394 g/mol. The highest BCUT2D eigenvalue weighted by molar-refractivity contribution is 5.66. The molecule has 0 spiro atoms. The van der Waals surface area contributed by atoms with Gasteiger partial charge in [0.15, 0.2) is 12.5 Å². The first-order valence-corrected chi connectivity index (χ1v) is 8.77. The van der Waals surface area contributed by atoms with Crippen molar-refractivity contribution in [1.29, 1.82) is 0 Å². The van der Waals surface area contributed by atoms with E-state index in [2.05, 4.69) is 10.4 Å². The fourth-order valence-electron chi connectivity index (χ4n) is 3.35. The molecule has 9 heteroatoms. The van der Waals surface area contributed by atoms with Crippen molar-refractivity contribution in [1.82, 2.24) is 15.3 Å². The lowest BCUT2D eigenvalue weighted by Gasteiger charge is -2.32. The number of carbonyl (C=O) groups is 1. The minimum atomic E-state index is -4.44. The van der Waals surface area contributed by atoms with Gasteiger partial charge < -0.3 is 5.11 Å². The molecule has 1 aliphatic heterocycles. The van der Waals surface area contributed by atoms with Gasteiger partial charge in [0.25, 0.3) is 0 Å². The maximum Gasteiger partial charge on any atom is 0.416 e. The smallest absolute Gasteiger partial charge is 0.385 e. The maximum atomic E-state index is 12.8. The molecule has 1 aromatic heterocycles. The van der Waals surface area contributed by atoms with Gasteiger partial charge in [-0.2, -0.15) is 13.2 Å². The second-order valence-electron chi connectivity index (χ2n) is 6.81. The lowest BCUT2D eigenvalue weighted by Crippen LogP contribution is -2.47. The Bertz CT molecular complexity index is 799. The molecular formula is C19H21F3N4O2. The number of nitrogens with zero attached hydrogens (tertiary/aromatic N) is 3. The molecule has 1 fully saturated rings. The van der Waals surface area contributed by atoms with Crippen molar-refractivity contribution in [2.45, 2.75) is 44.5 Å². The first-order chi connectivity index (χ1) is 13.2. The lowest BCUT2D eigenvalue weighted by atomic mass is 10.1. The molecule has 2 aromatic rings. The topological polar surface area (TPSA) is 68.7 Å². The second-order valence-corrected chi connectivity index (χ2v) is 6.81. The van der Waals surface area contributed by atoms with Gasteiger partial charge in [-0.1, -0.05) is 6.07 Å². The van der Waals surface area contributed by atoms with E-state index in [9.17, 15) is 23.1 Å². The van der Waals surface area contributed by atoms with E-state index < -0.39 is 30.2 Å². The highest BCUT2D eigenvalue weighted by atomic mass is 19.4. The van der Waals surface area contributed by atoms with E-state index in [1.54, 1.807) is 23.2 Å². The molecule has 3 rings (SSSR count). The maximum absolute atomic E-state index is 12.8. The van der Waals surface area contributed by atoms with Crippen molar-refractivity contribution in [3.8, 4) is 0 Å². The Kier molecular flexibility index (Phi) is 5.69. The van der Waals surface area contributed by atoms with Gasteiger partial charge >= 0.3 is 6.18 Å². The number of benzene rings is 1. The number of pyridine rings is 1. The number of anilines is 1. The molecule has 1 aromatic carbocycles. The average Bonchev–Trinajstić information content (AvgIpc) is 3.07. The highest BCUT2D eigenvalue weighted by Crippen LogP contribution is 2.34. The number of hydrazine groups is 1. The molecule has 0 saturated carbocycles. The van der Waals surface area contributed by atoms with Crippen LogP contribution in [0, 0.1) is 0 Å². The predicted octanol–water partition coefficient (Wildman–Crippen LogP) is 2.72. The van der Waals surface area contributed by atoms with Crippen LogP contribution >= 0.6 is 0 Å². The summed E-state index contributed by atoms with van der Waals surface area (Å²) in [6, 6.07) is 7.80. The Morgan fingerprint density at radius 2 is 1.89 bits per heavy atom. The number of aliphatic hydroxyl groups excluding tert-OH is 1. The van der Waals surface area contributed by atoms with E-state index in [0.29, 0.717) is 17.5 Å². The fraction of sp³-hybridized carbons (Fsp3) is 0.368. The van der Waals surface area contributed by atoms with Crippen LogP contribution in [0.15, 0.2) is 48.8 Å². The molecule has 6 nitrogen and oxygen atoms in total. The third-order valence-corrected chi connectivity index (χ3v) is 4.68. The number of alkyl halides is 3. The van der Waals surface area contributed by atoms with Gasteiger partial charge in [0, 0.05) is 24.0 Å². The van der Waals surface area contributed by atoms with Gasteiger partial charge in [-0.05, 0) is 44.2 Å². The molecule has 2 heterocycles. The number of hydrogen-bond acceptors (Lipinski definition) is 6. The molecule has 0 bridgehead atoms. The number of nitrogens with one attached hydrogen (secondary N) is 1. The van der Waals surface area contributed by atoms with Crippen LogP contribution in [-0.2, 0) is 11.0 Å². The highest BCUT2D eigenvalue weighted by Gasteiger charge is 2.44. The number of aliphatic hydroxyl groups is 1. The molecule has 2 N–H and O–H groups in total. The van der Waals surface area contributed by atoms with Crippen LogP contribution in [0.4, 0.5) is 18.9 Å². The molecule has 0 radical (unpaired) electrons. The quantitative estimate of drug-likeness (QED) is 0.760. The van der Waals surface area contributed by atoms with Crippen LogP contribution in [0.2, 0.25) is 0 Å². The Morgan fingerprint density at radius 1 is 1.21 bits per heavy atom. The number of aldehydes is 1. The lowest BCUT2D eigenvalue weighted by molar-refractivity contribution is -0.137. The van der Waals surface area contributed by atoms with Crippen molar-refractivity contribution in [3.05, 3.63) is 59.9 Å². The summed E-state index contributed by atoms with van der Waals surface area (Å²) in [6.45, 7) is 3.74. The zero-order valence-corrected chi connectivity index (χ0v) is 15.3. The Morgan fingerprint density at radius 3 is 2.39 bits per heavy atom. The van der Waals surface area contributed by atoms with Crippen molar-refractivity contribution in [2.24, 2.45) is 0 Å². The second kappa shape index (κ2) is 7.86. The SMILES string of the molecule is CC(C)N1C(C(O)c2cccnc2)NN(c2ccc(C(F)(F)F)cc2)C1C=O. The van der Waals surface area contributed by atoms with E-state index in [1.165, 1.54) is 23.3 Å². The van der Waals surface area contributed by atoms with Crippen LogP contribution < -0.4 is 10.4 Å². The molecule has 28 heavy (non-hydrogen) atoms. The number of rotatable bonds is 5. The zero-order valence-electron chi connectivity index (χ0n) is 15.3. The molecule has 1 aliphatic rings. The van der Waals surface area contributed by atoms with Gasteiger partial charge in [0.1, 0.15) is 12.3 Å². The third kappa shape index (κ3) is 3.87. The Labute approximate surface area is 160 Å². The molecule has 0 aliphatic carbocycles. The first-order valence-electron chi connectivity index (χ1n) is 8.77. The standard InChI is InChI=1S/C19H21F3N4O2/c1-12(2)25-16(11-27)26(15-7-5-14(6-8-15)19(20,21)22)24-18(25)17(28)13-4-3-9-23-10-13/h3-12,16-18,24,28H,1-2H3. The van der Waals surface area contributed by atoms with E-state index in [4.69, 9.17) is 0 Å². The first kappa shape index (κ1) is 20.2. The van der Waals surface area contributed by atoms with Gasteiger partial charge in [0.2, 0.25) is 0 Å². The van der Waals surface area contributed by atoms with Gasteiger partial charge in [-0.25, -0.2) is 5.43 Å². The van der Waals surface area contributed by atoms with Gasteiger partial charge in [-0.3, -0.25) is 19.7 Å². The summed E-state index contributed by atoms with van der Waals surface area (Å²) in [7, 11) is 0. The van der Waals surface area contributed by atoms with Crippen LogP contribution in [0.5, 0.6) is 0 Å². The van der Waals surface area contributed by atoms with Gasteiger partial charge in [-0.15, -0.1) is 0 Å². The van der Waals surface area contributed by atoms with Crippen molar-refractivity contribution in [2.75, 3.05) is 5.01 Å². The van der Waals surface area contributed by atoms with Gasteiger partial charge in [0.05, 0.1) is 11.3 Å². The van der Waals surface area contributed by atoms with E-state index in [1.807, 2.05) is 13.8 Å². The summed E-state index contributed by atoms with van der Waals surface area (Å²) in [5, 5.41) is 12.3. The Hall–Kier alpha value is -2.49. The molecule has 3 atom stereocenters. The minimum absolute atomic E-state index is 0.126. The molecule has 0 amide bonds. The number of carbonyl (C=O) groups excluding carboxylic acids is 1. The van der Waals surface area contributed by atoms with E-state index >= 15 is 0 Å². The van der Waals surface area contributed by atoms with Crippen molar-refractivity contribution in [3.63, 3.8) is 0 Å². The van der Waals surface area contributed by atoms with Crippen LogP contribution in [-0.4, -0.2) is 39.6 Å². The molecular weight excluding hydrogens is 373 g/mol. The molecule has 1 saturated heterocycles. The number of aromatic nitrogens is 1. The normalized spacial score (nSPS) is 21.9. The largest absolute Gasteiger partial charge is 0.416 e. The summed E-state index contributed by atoms with van der Waals surface area (Å²) >= 11 is 0. The van der Waals surface area contributed by atoms with Crippen LogP contribution in [0.3, 0.4) is 0 Å². The van der Waals surface area contributed by atoms with Crippen LogP contribution in [0.1, 0.15) is 31.1 Å². The molecule has 150 valence electrons. The number of halogens is 3. The van der Waals surface area contributed by atoms with E-state index in [0.717, 1.165) is 12.1 Å². The summed E-state index contributed by atoms with van der Waals surface area (Å²) in [5.41, 5.74) is 3.24. The van der Waals surface area contributed by atoms with Crippen LogP contribution in [0.25, 0.3) is 0 Å². The average molecular weight is 394 g/mol. The summed E-state index contributed by atoms with van der Waals surface area (Å²) in [5.74, 6) is 0. The fourth-order valence-corrected chi connectivity index (χ4v) is 3.35. The summed E-state index contributed by atoms with van der Waals surface area (Å²) < 4.78 is 38.5. The predicted molar refractivity (Wildman–Crippen MR) is 96.9 cm³/mol. The summed E-state index contributed by atoms with van der Waals surface area (Å²) in [6.07, 6.45) is -3.10. The number of hydrogen-bond donors (Lipinski definition) is 2. The van der Waals surface area contributed by atoms with Crippen molar-refractivity contribution >= 4 is 12.0 Å². The van der Waals surface area contributed by atoms with E-state index in [-0.39, 0.29) is 6.04 Å². The zero-order chi connectivity index (χ0) is 20.5. The third-order valence-electron chi connectivity index (χ3n) is 4.68. The Balaban J connectivity index is 1.93. The summed E-state index contributed by atoms with van der Waals surface area (Å²) in [4.78, 5) is 17.6. The molecule has 3 unspecified atom stereocenters.